The molecular formula is C21H23BrN2O5. The zero-order valence-electron chi connectivity index (χ0n) is 16.3. The van der Waals surface area contributed by atoms with Crippen LogP contribution in [0.5, 0.6) is 0 Å². The summed E-state index contributed by atoms with van der Waals surface area (Å²) < 4.78 is 11.0. The number of esters is 1. The van der Waals surface area contributed by atoms with Gasteiger partial charge >= 0.3 is 5.97 Å². The SMILES string of the molecule is CC1(C)OC(=O)C([C@@H]2C(=O)C(Br)=C[C@@H]2N2CCN(c3ccccc3)CC2)=C(O)O1. The zero-order chi connectivity index (χ0) is 20.8. The van der Waals surface area contributed by atoms with Gasteiger partial charge in [-0.2, -0.15) is 0 Å². The van der Waals surface area contributed by atoms with Gasteiger partial charge in [-0.15, -0.1) is 0 Å². The Kier molecular flexibility index (Phi) is 5.16. The van der Waals surface area contributed by atoms with Crippen molar-refractivity contribution in [3.8, 4) is 0 Å². The van der Waals surface area contributed by atoms with Crippen LogP contribution in [-0.2, 0) is 19.1 Å². The number of para-hydroxylation sites is 1. The van der Waals surface area contributed by atoms with E-state index in [4.69, 9.17) is 9.47 Å². The zero-order valence-corrected chi connectivity index (χ0v) is 17.9. The fraction of sp³-hybridized carbons (Fsp3) is 0.429. The summed E-state index contributed by atoms with van der Waals surface area (Å²) in [5.74, 6) is -3.65. The van der Waals surface area contributed by atoms with Crippen molar-refractivity contribution in [2.45, 2.75) is 25.7 Å². The molecule has 4 rings (SSSR count). The maximum atomic E-state index is 12.8. The Hall–Kier alpha value is -2.32. The molecule has 2 atom stereocenters. The predicted octanol–water partition coefficient (Wildman–Crippen LogP) is 2.73. The van der Waals surface area contributed by atoms with E-state index in [9.17, 15) is 14.7 Å². The van der Waals surface area contributed by atoms with Crippen LogP contribution < -0.4 is 4.90 Å². The molecule has 0 aromatic heterocycles. The van der Waals surface area contributed by atoms with Crippen LogP contribution in [0.25, 0.3) is 0 Å². The lowest BCUT2D eigenvalue weighted by Crippen LogP contribution is -2.53. The van der Waals surface area contributed by atoms with Crippen LogP contribution in [0.2, 0.25) is 0 Å². The van der Waals surface area contributed by atoms with Gasteiger partial charge in [0.05, 0.1) is 10.4 Å². The van der Waals surface area contributed by atoms with Crippen molar-refractivity contribution in [1.82, 2.24) is 4.90 Å². The number of piperazine rings is 1. The number of aliphatic hydroxyl groups excluding tert-OH is 1. The number of carbonyl (C=O) groups is 2. The fourth-order valence-electron chi connectivity index (χ4n) is 4.10. The summed E-state index contributed by atoms with van der Waals surface area (Å²) in [5.41, 5.74) is 1.05. The van der Waals surface area contributed by atoms with Gasteiger partial charge in [0.2, 0.25) is 0 Å². The van der Waals surface area contributed by atoms with Gasteiger partial charge in [0.15, 0.2) is 5.78 Å². The number of hydrogen-bond donors (Lipinski definition) is 1. The van der Waals surface area contributed by atoms with Crippen LogP contribution >= 0.6 is 15.9 Å². The summed E-state index contributed by atoms with van der Waals surface area (Å²) in [6, 6.07) is 9.81. The quantitative estimate of drug-likeness (QED) is 0.691. The van der Waals surface area contributed by atoms with Crippen LogP contribution in [0, 0.1) is 5.92 Å². The summed E-state index contributed by atoms with van der Waals surface area (Å²) in [5, 5.41) is 10.4. The van der Waals surface area contributed by atoms with Crippen molar-refractivity contribution < 1.29 is 24.2 Å². The Balaban J connectivity index is 1.55. The first-order chi connectivity index (χ1) is 13.8. The van der Waals surface area contributed by atoms with Gasteiger partial charge in [0, 0.05) is 51.8 Å². The van der Waals surface area contributed by atoms with Gasteiger partial charge in [-0.1, -0.05) is 18.2 Å². The van der Waals surface area contributed by atoms with E-state index in [2.05, 4.69) is 37.9 Å². The highest BCUT2D eigenvalue weighted by Gasteiger charge is 2.49. The second-order valence-electron chi connectivity index (χ2n) is 7.82. The first-order valence-electron chi connectivity index (χ1n) is 9.58. The minimum atomic E-state index is -1.27. The predicted molar refractivity (Wildman–Crippen MR) is 110 cm³/mol. The molecule has 1 aromatic carbocycles. The Labute approximate surface area is 177 Å². The number of hydrogen-bond acceptors (Lipinski definition) is 7. The lowest BCUT2D eigenvalue weighted by molar-refractivity contribution is -0.223. The number of halogens is 1. The number of allylic oxidation sites excluding steroid dienone is 1. The summed E-state index contributed by atoms with van der Waals surface area (Å²) >= 11 is 3.31. The summed E-state index contributed by atoms with van der Waals surface area (Å²) in [4.78, 5) is 29.9. The molecule has 2 aliphatic heterocycles. The minimum absolute atomic E-state index is 0.115. The molecule has 3 aliphatic rings. The maximum Gasteiger partial charge on any atom is 0.345 e. The molecular weight excluding hydrogens is 440 g/mol. The second kappa shape index (κ2) is 7.50. The summed E-state index contributed by atoms with van der Waals surface area (Å²) in [6.45, 7) is 6.09. The van der Waals surface area contributed by atoms with Crippen LogP contribution in [0.4, 0.5) is 5.69 Å². The lowest BCUT2D eigenvalue weighted by atomic mass is 9.90. The first kappa shape index (κ1) is 20.0. The molecule has 154 valence electrons. The number of aliphatic hydroxyl groups is 1. The molecule has 0 spiro atoms. The molecule has 1 aliphatic carbocycles. The van der Waals surface area contributed by atoms with Gasteiger partial charge in [-0.25, -0.2) is 4.79 Å². The molecule has 1 N–H and O–H groups in total. The molecule has 0 saturated carbocycles. The molecule has 8 heteroatoms. The number of rotatable bonds is 3. The van der Waals surface area contributed by atoms with E-state index >= 15 is 0 Å². The molecule has 7 nitrogen and oxygen atoms in total. The summed E-state index contributed by atoms with van der Waals surface area (Å²) in [6.07, 6.45) is 1.80. The highest BCUT2D eigenvalue weighted by Crippen LogP contribution is 2.39. The number of carbonyl (C=O) groups excluding carboxylic acids is 2. The lowest BCUT2D eigenvalue weighted by Gasteiger charge is -2.41. The monoisotopic (exact) mass is 462 g/mol. The standard InChI is InChI=1S/C21H23BrN2O5/c1-21(2)28-19(26)17(20(27)29-21)16-15(12-14(22)18(16)25)24-10-8-23(9-11-24)13-6-4-3-5-7-13/h3-7,12,15-16,26H,8-11H2,1-2H3/t15-,16+/m0/s1. The Morgan fingerprint density at radius 1 is 1.07 bits per heavy atom. The van der Waals surface area contributed by atoms with Crippen LogP contribution in [0.1, 0.15) is 13.8 Å². The number of benzene rings is 1. The Morgan fingerprint density at radius 3 is 2.34 bits per heavy atom. The van der Waals surface area contributed by atoms with Gasteiger partial charge < -0.3 is 19.5 Å². The highest BCUT2D eigenvalue weighted by molar-refractivity contribution is 9.12. The maximum absolute atomic E-state index is 12.8. The minimum Gasteiger partial charge on any atom is -0.480 e. The Bertz CT molecular complexity index is 888. The fourth-order valence-corrected chi connectivity index (χ4v) is 4.62. The van der Waals surface area contributed by atoms with Gasteiger partial charge in [-0.3, -0.25) is 9.69 Å². The van der Waals surface area contributed by atoms with Gasteiger partial charge in [0.25, 0.3) is 11.7 Å². The largest absolute Gasteiger partial charge is 0.480 e. The number of cyclic esters (lactones) is 1. The van der Waals surface area contributed by atoms with Crippen molar-refractivity contribution in [2.75, 3.05) is 31.1 Å². The second-order valence-corrected chi connectivity index (χ2v) is 8.67. The summed E-state index contributed by atoms with van der Waals surface area (Å²) in [7, 11) is 0. The molecule has 0 unspecified atom stereocenters. The topological polar surface area (TPSA) is 79.3 Å². The molecule has 0 amide bonds. The normalized spacial score (nSPS) is 27.6. The molecule has 1 aromatic rings. The third-order valence-corrected chi connectivity index (χ3v) is 6.13. The molecule has 0 bridgehead atoms. The number of nitrogens with zero attached hydrogens (tertiary/aromatic N) is 2. The number of Topliss-reactive ketones (excluding diaryl/α,β-unsaturated/α-hetero) is 1. The smallest absolute Gasteiger partial charge is 0.345 e. The van der Waals surface area contributed by atoms with Crippen LogP contribution in [-0.4, -0.2) is 59.8 Å². The van der Waals surface area contributed by atoms with Crippen molar-refractivity contribution in [3.63, 3.8) is 0 Å². The first-order valence-corrected chi connectivity index (χ1v) is 10.4. The molecule has 2 heterocycles. The van der Waals surface area contributed by atoms with Gasteiger partial charge in [-0.05, 0) is 34.1 Å². The van der Waals surface area contributed by atoms with E-state index in [1.54, 1.807) is 6.08 Å². The van der Waals surface area contributed by atoms with E-state index in [0.717, 1.165) is 31.9 Å². The number of anilines is 1. The molecule has 1 fully saturated rings. The van der Waals surface area contributed by atoms with Crippen molar-refractivity contribution in [2.24, 2.45) is 5.92 Å². The number of ether oxygens (including phenoxy) is 2. The molecule has 0 radical (unpaired) electrons. The van der Waals surface area contributed by atoms with E-state index in [1.165, 1.54) is 13.8 Å². The third-order valence-electron chi connectivity index (χ3n) is 5.48. The van der Waals surface area contributed by atoms with E-state index in [1.807, 2.05) is 18.2 Å². The van der Waals surface area contributed by atoms with Crippen LogP contribution in [0.3, 0.4) is 0 Å². The van der Waals surface area contributed by atoms with Crippen molar-refractivity contribution in [3.05, 3.63) is 52.4 Å². The molecule has 29 heavy (non-hydrogen) atoms. The Morgan fingerprint density at radius 2 is 1.72 bits per heavy atom. The molecule has 1 saturated heterocycles. The number of ketones is 1. The van der Waals surface area contributed by atoms with E-state index in [-0.39, 0.29) is 17.4 Å². The van der Waals surface area contributed by atoms with E-state index < -0.39 is 23.6 Å². The van der Waals surface area contributed by atoms with Gasteiger partial charge in [0.1, 0.15) is 5.57 Å². The van der Waals surface area contributed by atoms with Crippen molar-refractivity contribution in [1.29, 1.82) is 0 Å². The highest BCUT2D eigenvalue weighted by atomic mass is 79.9. The third kappa shape index (κ3) is 3.79. The average Bonchev–Trinajstić information content (AvgIpc) is 2.96. The average molecular weight is 463 g/mol. The van der Waals surface area contributed by atoms with Crippen LogP contribution in [0.15, 0.2) is 52.4 Å². The van der Waals surface area contributed by atoms with Crippen molar-refractivity contribution >= 4 is 33.4 Å². The van der Waals surface area contributed by atoms with E-state index in [0.29, 0.717) is 4.48 Å².